The lowest BCUT2D eigenvalue weighted by molar-refractivity contribution is -0.126. The van der Waals surface area contributed by atoms with Crippen LogP contribution in [-0.2, 0) is 16.0 Å². The summed E-state index contributed by atoms with van der Waals surface area (Å²) in [6.45, 7) is 5.53. The first kappa shape index (κ1) is 17.6. The topological polar surface area (TPSA) is 45.3 Å². The SMILES string of the molecule is CC12CCCC[C@H]1CN1CCc3c([nH]c4ccccc34)C1C2.COC=O. The van der Waals surface area contributed by atoms with E-state index < -0.39 is 0 Å². The van der Waals surface area contributed by atoms with Crippen LogP contribution in [0.4, 0.5) is 0 Å². The normalized spacial score (nSPS) is 30.4. The summed E-state index contributed by atoms with van der Waals surface area (Å²) in [6, 6.07) is 9.51. The summed E-state index contributed by atoms with van der Waals surface area (Å²) in [5.74, 6) is 0.934. The molecular formula is C22H30N2O2. The second-order valence-corrected chi connectivity index (χ2v) is 8.46. The van der Waals surface area contributed by atoms with E-state index in [-0.39, 0.29) is 0 Å². The molecule has 0 amide bonds. The second kappa shape index (κ2) is 7.07. The number of piperidine rings is 1. The summed E-state index contributed by atoms with van der Waals surface area (Å²) in [6.07, 6.45) is 8.38. The minimum Gasteiger partial charge on any atom is -0.471 e. The van der Waals surface area contributed by atoms with Crippen molar-refractivity contribution in [3.05, 3.63) is 35.5 Å². The number of aromatic nitrogens is 1. The summed E-state index contributed by atoms with van der Waals surface area (Å²) in [5.41, 5.74) is 5.06. The van der Waals surface area contributed by atoms with E-state index in [4.69, 9.17) is 4.79 Å². The van der Waals surface area contributed by atoms with Gasteiger partial charge in [-0.2, -0.15) is 0 Å². The van der Waals surface area contributed by atoms with E-state index in [1.54, 1.807) is 5.56 Å². The van der Waals surface area contributed by atoms with E-state index in [9.17, 15) is 0 Å². The highest BCUT2D eigenvalue weighted by Gasteiger charge is 2.47. The first-order valence-electron chi connectivity index (χ1n) is 9.96. The lowest BCUT2D eigenvalue weighted by Gasteiger charge is -2.53. The Morgan fingerprint density at radius 1 is 1.31 bits per heavy atom. The Labute approximate surface area is 155 Å². The van der Waals surface area contributed by atoms with Crippen molar-refractivity contribution < 1.29 is 9.53 Å². The molecular weight excluding hydrogens is 324 g/mol. The molecule has 1 saturated heterocycles. The standard InChI is InChI=1S/C20H26N2.C2H4O2/c1-20-10-5-4-6-14(20)13-22-11-9-16-15-7-2-3-8-17(15)21-19(16)18(22)12-20;1-4-2-3/h2-3,7-8,14,18,21H,4-6,9-13H2,1H3;2H,1H3/t14-,18?,20?;/m0./s1. The van der Waals surface area contributed by atoms with E-state index in [2.05, 4.69) is 45.8 Å². The number of methoxy groups -OCH3 is 1. The molecule has 1 aromatic carbocycles. The van der Waals surface area contributed by atoms with Gasteiger partial charge in [0.2, 0.25) is 0 Å². The molecule has 2 aromatic rings. The van der Waals surface area contributed by atoms with Crippen molar-refractivity contribution in [3.8, 4) is 0 Å². The van der Waals surface area contributed by atoms with Gasteiger partial charge < -0.3 is 9.72 Å². The largest absolute Gasteiger partial charge is 0.471 e. The molecule has 1 aromatic heterocycles. The molecule has 2 fully saturated rings. The van der Waals surface area contributed by atoms with Crippen molar-refractivity contribution in [3.63, 3.8) is 0 Å². The maximum Gasteiger partial charge on any atom is 0.292 e. The average molecular weight is 354 g/mol. The van der Waals surface area contributed by atoms with Crippen molar-refractivity contribution in [2.75, 3.05) is 20.2 Å². The lowest BCUT2D eigenvalue weighted by Crippen LogP contribution is -2.51. The van der Waals surface area contributed by atoms with Gasteiger partial charge >= 0.3 is 0 Å². The van der Waals surface area contributed by atoms with Crippen molar-refractivity contribution in [2.24, 2.45) is 11.3 Å². The quantitative estimate of drug-likeness (QED) is 0.769. The van der Waals surface area contributed by atoms with Crippen LogP contribution in [0.15, 0.2) is 24.3 Å². The van der Waals surface area contributed by atoms with Crippen molar-refractivity contribution >= 4 is 17.4 Å². The van der Waals surface area contributed by atoms with Gasteiger partial charge in [0.15, 0.2) is 0 Å². The monoisotopic (exact) mass is 354 g/mol. The minimum absolute atomic E-state index is 0.375. The second-order valence-electron chi connectivity index (χ2n) is 8.46. The van der Waals surface area contributed by atoms with Gasteiger partial charge in [-0.25, -0.2) is 0 Å². The predicted molar refractivity (Wildman–Crippen MR) is 104 cm³/mol. The highest BCUT2D eigenvalue weighted by Crippen LogP contribution is 2.53. The summed E-state index contributed by atoms with van der Waals surface area (Å²) >= 11 is 0. The van der Waals surface area contributed by atoms with Crippen molar-refractivity contribution in [1.82, 2.24) is 9.88 Å². The zero-order valence-electron chi connectivity index (χ0n) is 16.0. The van der Waals surface area contributed by atoms with Crippen LogP contribution < -0.4 is 0 Å². The minimum atomic E-state index is 0.375. The molecule has 0 spiro atoms. The van der Waals surface area contributed by atoms with Gasteiger partial charge in [-0.05, 0) is 48.6 Å². The number of ether oxygens (including phenoxy) is 1. The van der Waals surface area contributed by atoms with Crippen LogP contribution >= 0.6 is 0 Å². The Hall–Kier alpha value is -1.81. The molecule has 2 unspecified atom stereocenters. The van der Waals surface area contributed by atoms with Crippen LogP contribution in [0.25, 0.3) is 10.9 Å². The van der Waals surface area contributed by atoms with Gasteiger partial charge in [0.25, 0.3) is 6.47 Å². The van der Waals surface area contributed by atoms with Gasteiger partial charge in [-0.3, -0.25) is 9.69 Å². The number of nitrogens with zero attached hydrogens (tertiary/aromatic N) is 1. The summed E-state index contributed by atoms with van der Waals surface area (Å²) in [7, 11) is 1.31. The third-order valence-corrected chi connectivity index (χ3v) is 7.02. The Morgan fingerprint density at radius 2 is 2.12 bits per heavy atom. The smallest absolute Gasteiger partial charge is 0.292 e. The molecule has 4 nitrogen and oxygen atoms in total. The molecule has 26 heavy (non-hydrogen) atoms. The molecule has 140 valence electrons. The van der Waals surface area contributed by atoms with Gasteiger partial charge in [-0.1, -0.05) is 38.0 Å². The number of carbonyl (C=O) groups is 1. The zero-order valence-corrected chi connectivity index (χ0v) is 16.0. The fourth-order valence-corrected chi connectivity index (χ4v) is 5.60. The number of rotatable bonds is 1. The number of H-pyrrole nitrogens is 1. The van der Waals surface area contributed by atoms with Crippen LogP contribution in [0.5, 0.6) is 0 Å². The summed E-state index contributed by atoms with van der Waals surface area (Å²) < 4.78 is 3.86. The van der Waals surface area contributed by atoms with Gasteiger partial charge in [0, 0.05) is 29.7 Å². The first-order chi connectivity index (χ1) is 12.7. The van der Waals surface area contributed by atoms with E-state index in [1.807, 2.05) is 0 Å². The van der Waals surface area contributed by atoms with Crippen LogP contribution in [-0.4, -0.2) is 36.6 Å². The Balaban J connectivity index is 0.000000385. The third-order valence-electron chi connectivity index (χ3n) is 7.02. The number of fused-ring (bicyclic) bond motifs is 6. The lowest BCUT2D eigenvalue weighted by atomic mass is 9.61. The van der Waals surface area contributed by atoms with Crippen LogP contribution in [0.2, 0.25) is 0 Å². The molecule has 0 radical (unpaired) electrons. The number of nitrogens with one attached hydrogen (secondary N) is 1. The molecule has 1 aliphatic carbocycles. The van der Waals surface area contributed by atoms with Crippen LogP contribution in [0, 0.1) is 11.3 Å². The number of benzene rings is 1. The Bertz CT molecular complexity index is 784. The van der Waals surface area contributed by atoms with Crippen molar-refractivity contribution in [1.29, 1.82) is 0 Å². The maximum absolute atomic E-state index is 8.95. The number of carbonyl (C=O) groups excluding carboxylic acids is 1. The van der Waals surface area contributed by atoms with Gasteiger partial charge in [0.05, 0.1) is 13.2 Å². The summed E-state index contributed by atoms with van der Waals surface area (Å²) in [5, 5.41) is 1.47. The molecule has 4 heteroatoms. The van der Waals surface area contributed by atoms with Crippen LogP contribution in [0.1, 0.15) is 56.3 Å². The van der Waals surface area contributed by atoms with Gasteiger partial charge in [0.1, 0.15) is 0 Å². The molecule has 3 aliphatic rings. The number of hydrogen-bond acceptors (Lipinski definition) is 3. The van der Waals surface area contributed by atoms with Crippen LogP contribution in [0.3, 0.4) is 0 Å². The first-order valence-corrected chi connectivity index (χ1v) is 9.96. The molecule has 1 N–H and O–H groups in total. The Kier molecular flexibility index (Phi) is 4.78. The molecule has 3 heterocycles. The third kappa shape index (κ3) is 2.94. The molecule has 1 saturated carbocycles. The molecule has 5 rings (SSSR count). The van der Waals surface area contributed by atoms with E-state index in [0.717, 1.165) is 5.92 Å². The number of hydrogen-bond donors (Lipinski definition) is 1. The van der Waals surface area contributed by atoms with E-state index in [0.29, 0.717) is 17.9 Å². The fourth-order valence-electron chi connectivity index (χ4n) is 5.60. The highest BCUT2D eigenvalue weighted by atomic mass is 16.5. The van der Waals surface area contributed by atoms with E-state index >= 15 is 0 Å². The summed E-state index contributed by atoms with van der Waals surface area (Å²) in [4.78, 5) is 15.5. The number of para-hydroxylation sites is 1. The maximum atomic E-state index is 8.95. The number of aromatic amines is 1. The van der Waals surface area contributed by atoms with Gasteiger partial charge in [-0.15, -0.1) is 0 Å². The highest BCUT2D eigenvalue weighted by molar-refractivity contribution is 5.85. The molecule has 0 bridgehead atoms. The molecule has 3 atom stereocenters. The zero-order chi connectivity index (χ0) is 18.1. The van der Waals surface area contributed by atoms with Crippen molar-refractivity contribution in [2.45, 2.75) is 51.5 Å². The Morgan fingerprint density at radius 3 is 2.92 bits per heavy atom. The van der Waals surface area contributed by atoms with E-state index in [1.165, 1.54) is 75.3 Å². The average Bonchev–Trinajstić information content (AvgIpc) is 3.05. The fraction of sp³-hybridized carbons (Fsp3) is 0.591. The predicted octanol–water partition coefficient (Wildman–Crippen LogP) is 4.46. The molecule has 2 aliphatic heterocycles.